The lowest BCUT2D eigenvalue weighted by Crippen LogP contribution is -2.70. The number of β-lactam (4-membered cyclic amide) rings is 1. The zero-order chi connectivity index (χ0) is 29.4. The second-order valence-corrected chi connectivity index (χ2v) is 13.8. The Morgan fingerprint density at radius 3 is 2.76 bits per heavy atom. The predicted octanol–water partition coefficient (Wildman–Crippen LogP) is 5.25. The van der Waals surface area contributed by atoms with Gasteiger partial charge in [0.1, 0.15) is 40.2 Å². The first-order valence-corrected chi connectivity index (χ1v) is 15.9. The second-order valence-electron chi connectivity index (χ2n) is 9.84. The fourth-order valence-corrected chi connectivity index (χ4v) is 7.94. The number of nitrogens with one attached hydrogen (secondary N) is 1. The van der Waals surface area contributed by atoms with Crippen LogP contribution < -0.4 is 10.1 Å². The Hall–Kier alpha value is -3.00. The summed E-state index contributed by atoms with van der Waals surface area (Å²) in [5.74, 6) is -0.0580. The molecular weight excluding hydrogens is 608 g/mol. The van der Waals surface area contributed by atoms with Gasteiger partial charge in [0.2, 0.25) is 0 Å². The van der Waals surface area contributed by atoms with Crippen LogP contribution in [0.5, 0.6) is 5.75 Å². The number of hydrogen-bond acceptors (Lipinski definition) is 10. The van der Waals surface area contributed by atoms with Crippen LogP contribution in [0.3, 0.4) is 0 Å². The van der Waals surface area contributed by atoms with Gasteiger partial charge in [-0.3, -0.25) is 14.5 Å². The molecule has 2 aliphatic rings. The van der Waals surface area contributed by atoms with E-state index in [0.29, 0.717) is 33.6 Å². The zero-order valence-corrected chi connectivity index (χ0v) is 25.8. The molecule has 10 nitrogen and oxygen atoms in total. The summed E-state index contributed by atoms with van der Waals surface area (Å²) in [6.45, 7) is 7.95. The fraction of sp³-hybridized carbons (Fsp3) is 0.370. The van der Waals surface area contributed by atoms with E-state index in [2.05, 4.69) is 15.5 Å². The highest BCUT2D eigenvalue weighted by molar-refractivity contribution is 8.01. The number of hydrogen-bond donors (Lipinski definition) is 2. The maximum Gasteiger partial charge on any atom is 0.352 e. The number of halogens is 1. The number of nitrogens with zero attached hydrogens (tertiary/aromatic N) is 3. The molecule has 14 heteroatoms. The highest BCUT2D eigenvalue weighted by Gasteiger charge is 2.54. The Balaban J connectivity index is 1.21. The Bertz CT molecular complexity index is 1550. The van der Waals surface area contributed by atoms with Gasteiger partial charge in [0.15, 0.2) is 10.1 Å². The van der Waals surface area contributed by atoms with Crippen LogP contribution in [0.2, 0.25) is 5.02 Å². The molecule has 1 saturated heterocycles. The first kappa shape index (κ1) is 29.5. The molecule has 0 spiro atoms. The van der Waals surface area contributed by atoms with E-state index in [1.807, 2.05) is 39.8 Å². The number of amides is 2. The van der Waals surface area contributed by atoms with Crippen molar-refractivity contribution < 1.29 is 28.6 Å². The highest BCUT2D eigenvalue weighted by atomic mass is 35.5. The Morgan fingerprint density at radius 1 is 1.29 bits per heavy atom. The summed E-state index contributed by atoms with van der Waals surface area (Å²) in [7, 11) is 0. The van der Waals surface area contributed by atoms with E-state index < -0.39 is 29.2 Å². The van der Waals surface area contributed by atoms with Crippen molar-refractivity contribution in [2.45, 2.75) is 56.0 Å². The number of aryl methyl sites for hydroxylation is 2. The number of carbonyl (C=O) groups excluding carboxylic acids is 2. The van der Waals surface area contributed by atoms with Gasteiger partial charge in [-0.1, -0.05) is 48.5 Å². The molecule has 1 fully saturated rings. The molecule has 0 saturated carbocycles. The van der Waals surface area contributed by atoms with Crippen molar-refractivity contribution >= 4 is 64.2 Å². The maximum absolute atomic E-state index is 13.0. The van der Waals surface area contributed by atoms with E-state index >= 15 is 0 Å². The standard InChI is InChI=1S/C27H27ClN4O6S3/c1-12(2)17-8-18(28)13(3)7-20(17)37-9-16-5-6-19(38-16)23(33)29-21-24(34)32-22(26(35)36)15(10-39-25(21)32)11-40-27-31-30-14(4)41-27/h5-8,12,21,25H,9-11H2,1-4H3,(H,29,33)(H,35,36). The molecule has 1 aromatic carbocycles. The number of aromatic nitrogens is 2. The monoisotopic (exact) mass is 634 g/mol. The van der Waals surface area contributed by atoms with Gasteiger partial charge in [0.25, 0.3) is 11.8 Å². The summed E-state index contributed by atoms with van der Waals surface area (Å²) in [5.41, 5.74) is 2.45. The summed E-state index contributed by atoms with van der Waals surface area (Å²) in [4.78, 5) is 39.3. The summed E-state index contributed by atoms with van der Waals surface area (Å²) < 4.78 is 12.4. The Morgan fingerprint density at radius 2 is 2.07 bits per heavy atom. The smallest absolute Gasteiger partial charge is 0.352 e. The Kier molecular flexibility index (Phi) is 8.69. The summed E-state index contributed by atoms with van der Waals surface area (Å²) >= 11 is 10.5. The largest absolute Gasteiger partial charge is 0.485 e. The van der Waals surface area contributed by atoms with Crippen LogP contribution >= 0.6 is 46.5 Å². The molecule has 0 bridgehead atoms. The van der Waals surface area contributed by atoms with Crippen molar-refractivity contribution in [1.82, 2.24) is 20.4 Å². The molecular formula is C27H27ClN4O6S3. The van der Waals surface area contributed by atoms with Crippen LogP contribution in [-0.4, -0.2) is 60.9 Å². The van der Waals surface area contributed by atoms with Crippen LogP contribution in [0.25, 0.3) is 0 Å². The van der Waals surface area contributed by atoms with Crippen LogP contribution in [-0.2, 0) is 16.2 Å². The fourth-order valence-electron chi connectivity index (χ4n) is 4.47. The van der Waals surface area contributed by atoms with Gasteiger partial charge in [0, 0.05) is 16.5 Å². The number of fused-ring (bicyclic) bond motifs is 1. The van der Waals surface area contributed by atoms with Crippen LogP contribution in [0.15, 0.2) is 44.3 Å². The first-order valence-electron chi connectivity index (χ1n) is 12.7. The number of thioether (sulfide) groups is 2. The minimum atomic E-state index is -1.18. The molecule has 5 rings (SSSR count). The topological polar surface area (TPSA) is 135 Å². The van der Waals surface area contributed by atoms with E-state index in [4.69, 9.17) is 20.8 Å². The quantitative estimate of drug-likeness (QED) is 0.225. The lowest BCUT2D eigenvalue weighted by molar-refractivity contribution is -0.148. The lowest BCUT2D eigenvalue weighted by Gasteiger charge is -2.49. The van der Waals surface area contributed by atoms with E-state index in [-0.39, 0.29) is 24.0 Å². The number of carboxylic acids is 1. The van der Waals surface area contributed by atoms with Crippen molar-refractivity contribution in [3.05, 3.63) is 68.2 Å². The molecule has 3 aromatic rings. The minimum absolute atomic E-state index is 0.0328. The third-order valence-electron chi connectivity index (χ3n) is 6.58. The van der Waals surface area contributed by atoms with Gasteiger partial charge >= 0.3 is 5.97 Å². The normalized spacial score (nSPS) is 18.4. The average molecular weight is 635 g/mol. The molecule has 2 aromatic heterocycles. The van der Waals surface area contributed by atoms with E-state index in [0.717, 1.165) is 20.5 Å². The molecule has 2 aliphatic heterocycles. The molecule has 216 valence electrons. The number of carbonyl (C=O) groups is 3. The zero-order valence-electron chi connectivity index (χ0n) is 22.6. The van der Waals surface area contributed by atoms with Crippen molar-refractivity contribution in [3.63, 3.8) is 0 Å². The minimum Gasteiger partial charge on any atom is -0.485 e. The molecule has 2 N–H and O–H groups in total. The number of ether oxygens (including phenoxy) is 1. The average Bonchev–Trinajstić information content (AvgIpc) is 3.58. The molecule has 4 heterocycles. The van der Waals surface area contributed by atoms with Gasteiger partial charge in [0.05, 0.1) is 0 Å². The SMILES string of the molecule is Cc1nnc(SCC2=C(C(=O)O)N3C(=O)C(NC(=O)c4ccc(COc5cc(C)c(Cl)cc5C(C)C)o4)C3SC2)s1. The molecule has 2 amide bonds. The van der Waals surface area contributed by atoms with Gasteiger partial charge in [-0.05, 0) is 60.7 Å². The molecule has 0 aliphatic carbocycles. The number of furan rings is 1. The molecule has 0 radical (unpaired) electrons. The highest BCUT2D eigenvalue weighted by Crippen LogP contribution is 2.42. The first-order chi connectivity index (χ1) is 19.5. The summed E-state index contributed by atoms with van der Waals surface area (Å²) in [5, 5.41) is 21.6. The van der Waals surface area contributed by atoms with Crippen LogP contribution in [0.1, 0.15) is 52.2 Å². The van der Waals surface area contributed by atoms with Gasteiger partial charge in [-0.2, -0.15) is 0 Å². The predicted molar refractivity (Wildman–Crippen MR) is 158 cm³/mol. The van der Waals surface area contributed by atoms with Crippen molar-refractivity contribution in [2.24, 2.45) is 0 Å². The van der Waals surface area contributed by atoms with Gasteiger partial charge in [-0.15, -0.1) is 22.0 Å². The lowest BCUT2D eigenvalue weighted by atomic mass is 10.0. The number of aliphatic carboxylic acids is 1. The summed E-state index contributed by atoms with van der Waals surface area (Å²) in [6, 6.07) is 6.08. The van der Waals surface area contributed by atoms with Gasteiger partial charge in [-0.25, -0.2) is 4.79 Å². The third kappa shape index (κ3) is 6.13. The van der Waals surface area contributed by atoms with Crippen LogP contribution in [0.4, 0.5) is 0 Å². The number of rotatable bonds is 10. The number of carboxylic acid groups (broad SMARTS) is 1. The third-order valence-corrected chi connectivity index (χ3v) is 10.4. The maximum atomic E-state index is 13.0. The summed E-state index contributed by atoms with van der Waals surface area (Å²) in [6.07, 6.45) is 0. The molecule has 2 atom stereocenters. The number of benzene rings is 1. The van der Waals surface area contributed by atoms with Crippen molar-refractivity contribution in [1.29, 1.82) is 0 Å². The van der Waals surface area contributed by atoms with E-state index in [1.54, 1.807) is 6.07 Å². The Labute approximate surface area is 253 Å². The second kappa shape index (κ2) is 12.1. The van der Waals surface area contributed by atoms with E-state index in [9.17, 15) is 19.5 Å². The van der Waals surface area contributed by atoms with Gasteiger partial charge < -0.3 is 19.6 Å². The van der Waals surface area contributed by atoms with Crippen molar-refractivity contribution in [2.75, 3.05) is 11.5 Å². The molecule has 2 unspecified atom stereocenters. The van der Waals surface area contributed by atoms with E-state index in [1.165, 1.54) is 45.8 Å². The van der Waals surface area contributed by atoms with Crippen molar-refractivity contribution in [3.8, 4) is 5.75 Å². The molecule has 41 heavy (non-hydrogen) atoms. The van der Waals surface area contributed by atoms with Crippen LogP contribution in [0, 0.1) is 13.8 Å².